The van der Waals surface area contributed by atoms with Crippen LogP contribution in [-0.4, -0.2) is 15.1 Å². The molecule has 7 heteroatoms. The summed E-state index contributed by atoms with van der Waals surface area (Å²) in [6.45, 7) is 0.564. The van der Waals surface area contributed by atoms with Gasteiger partial charge in [0.05, 0.1) is 11.4 Å². The topological polar surface area (TPSA) is 29.5 Å². The van der Waals surface area contributed by atoms with Gasteiger partial charge in [0, 0.05) is 0 Å². The zero-order valence-electron chi connectivity index (χ0n) is 16.3. The first-order valence-electron chi connectivity index (χ1n) is 9.45. The van der Waals surface area contributed by atoms with Crippen molar-refractivity contribution < 1.29 is 18.3 Å². The number of carbonyl (C=O) groups is 1. The lowest BCUT2D eigenvalue weighted by molar-refractivity contribution is -0.122. The smallest absolute Gasteiger partial charge is 0.266 e. The van der Waals surface area contributed by atoms with Crippen molar-refractivity contribution in [1.82, 2.24) is 4.90 Å². The van der Waals surface area contributed by atoms with Crippen molar-refractivity contribution in [2.75, 3.05) is 0 Å². The average molecular weight is 454 g/mol. The number of thiocarbonyl (C=S) groups is 1. The SMILES string of the molecule is O=C1C(=Cc2ccc(OCc3cccc(F)c3)cc2)SC(=S)N1Cc1ccc(F)cc1. The summed E-state index contributed by atoms with van der Waals surface area (Å²) < 4.78 is 32.5. The van der Waals surface area contributed by atoms with Gasteiger partial charge in [0.15, 0.2) is 0 Å². The van der Waals surface area contributed by atoms with E-state index in [9.17, 15) is 13.6 Å². The Balaban J connectivity index is 1.40. The van der Waals surface area contributed by atoms with E-state index >= 15 is 0 Å². The molecular formula is C24H17F2NO2S2. The first-order valence-corrected chi connectivity index (χ1v) is 10.7. The van der Waals surface area contributed by atoms with E-state index in [1.807, 2.05) is 12.1 Å². The van der Waals surface area contributed by atoms with E-state index in [0.29, 0.717) is 21.5 Å². The lowest BCUT2D eigenvalue weighted by Gasteiger charge is -2.14. The highest BCUT2D eigenvalue weighted by molar-refractivity contribution is 8.26. The van der Waals surface area contributed by atoms with E-state index in [2.05, 4.69) is 0 Å². The van der Waals surface area contributed by atoms with Gasteiger partial charge in [-0.05, 0) is 59.2 Å². The summed E-state index contributed by atoms with van der Waals surface area (Å²) in [5, 5.41) is 0. The van der Waals surface area contributed by atoms with Gasteiger partial charge in [-0.2, -0.15) is 0 Å². The summed E-state index contributed by atoms with van der Waals surface area (Å²) >= 11 is 6.59. The summed E-state index contributed by atoms with van der Waals surface area (Å²) in [5.41, 5.74) is 2.38. The molecule has 1 amide bonds. The van der Waals surface area contributed by atoms with Crippen LogP contribution in [0.2, 0.25) is 0 Å². The fourth-order valence-electron chi connectivity index (χ4n) is 3.01. The Bertz CT molecular complexity index is 1150. The number of ether oxygens (including phenoxy) is 1. The molecule has 1 heterocycles. The number of carbonyl (C=O) groups excluding carboxylic acids is 1. The minimum absolute atomic E-state index is 0.175. The zero-order valence-corrected chi connectivity index (χ0v) is 17.9. The molecule has 31 heavy (non-hydrogen) atoms. The number of halogens is 2. The van der Waals surface area contributed by atoms with Crippen LogP contribution in [0.25, 0.3) is 6.08 Å². The molecule has 0 aromatic heterocycles. The number of rotatable bonds is 6. The molecule has 0 spiro atoms. The third-order valence-corrected chi connectivity index (χ3v) is 5.98. The van der Waals surface area contributed by atoms with Crippen molar-refractivity contribution in [2.45, 2.75) is 13.2 Å². The Labute approximate surface area is 188 Å². The summed E-state index contributed by atoms with van der Waals surface area (Å²) in [6, 6.07) is 19.5. The van der Waals surface area contributed by atoms with Gasteiger partial charge in [0.25, 0.3) is 5.91 Å². The molecule has 0 saturated carbocycles. The molecule has 1 aliphatic heterocycles. The van der Waals surface area contributed by atoms with Crippen molar-refractivity contribution in [2.24, 2.45) is 0 Å². The maximum Gasteiger partial charge on any atom is 0.266 e. The lowest BCUT2D eigenvalue weighted by atomic mass is 10.2. The molecule has 4 rings (SSSR count). The van der Waals surface area contributed by atoms with E-state index in [1.165, 1.54) is 40.9 Å². The van der Waals surface area contributed by atoms with E-state index < -0.39 is 0 Å². The largest absolute Gasteiger partial charge is 0.489 e. The van der Waals surface area contributed by atoms with Crippen LogP contribution >= 0.6 is 24.0 Å². The summed E-state index contributed by atoms with van der Waals surface area (Å²) in [4.78, 5) is 14.8. The second kappa shape index (κ2) is 9.41. The second-order valence-corrected chi connectivity index (χ2v) is 8.56. The van der Waals surface area contributed by atoms with E-state index in [4.69, 9.17) is 17.0 Å². The maximum absolute atomic E-state index is 13.2. The normalized spacial score (nSPS) is 15.0. The Morgan fingerprint density at radius 1 is 0.935 bits per heavy atom. The molecule has 3 aromatic carbocycles. The molecule has 0 atom stereocenters. The van der Waals surface area contributed by atoms with E-state index in [0.717, 1.165) is 16.7 Å². The molecule has 3 aromatic rings. The second-order valence-electron chi connectivity index (χ2n) is 6.88. The Morgan fingerprint density at radius 2 is 1.68 bits per heavy atom. The van der Waals surface area contributed by atoms with Crippen LogP contribution in [0, 0.1) is 11.6 Å². The Hall–Kier alpha value is -3.03. The molecule has 0 radical (unpaired) electrons. The first-order chi connectivity index (χ1) is 15.0. The van der Waals surface area contributed by atoms with Gasteiger partial charge in [-0.25, -0.2) is 8.78 Å². The van der Waals surface area contributed by atoms with Gasteiger partial charge in [-0.1, -0.05) is 60.4 Å². The van der Waals surface area contributed by atoms with Crippen molar-refractivity contribution in [3.8, 4) is 5.75 Å². The van der Waals surface area contributed by atoms with Crippen molar-refractivity contribution in [1.29, 1.82) is 0 Å². The maximum atomic E-state index is 13.2. The monoisotopic (exact) mass is 453 g/mol. The molecule has 0 N–H and O–H groups in total. The highest BCUT2D eigenvalue weighted by atomic mass is 32.2. The van der Waals surface area contributed by atoms with Crippen LogP contribution in [0.3, 0.4) is 0 Å². The number of benzene rings is 3. The Kier molecular flexibility index (Phi) is 6.44. The van der Waals surface area contributed by atoms with Crippen LogP contribution < -0.4 is 4.74 Å². The van der Waals surface area contributed by atoms with Crippen LogP contribution in [0.5, 0.6) is 5.75 Å². The van der Waals surface area contributed by atoms with Crippen molar-refractivity contribution in [3.63, 3.8) is 0 Å². The minimum atomic E-state index is -0.322. The molecule has 0 unspecified atom stereocenters. The molecule has 0 bridgehead atoms. The summed E-state index contributed by atoms with van der Waals surface area (Å²) in [5.74, 6) is -0.151. The Morgan fingerprint density at radius 3 is 2.39 bits per heavy atom. The predicted octanol–water partition coefficient (Wildman–Crippen LogP) is 5.95. The van der Waals surface area contributed by atoms with Crippen molar-refractivity contribution >= 4 is 40.3 Å². The highest BCUT2D eigenvalue weighted by Crippen LogP contribution is 2.33. The molecule has 1 fully saturated rings. The van der Waals surface area contributed by atoms with E-state index in [1.54, 1.807) is 42.5 Å². The highest BCUT2D eigenvalue weighted by Gasteiger charge is 2.31. The quantitative estimate of drug-likeness (QED) is 0.341. The molecule has 1 aliphatic rings. The van der Waals surface area contributed by atoms with Gasteiger partial charge >= 0.3 is 0 Å². The van der Waals surface area contributed by atoms with Gasteiger partial charge in [-0.3, -0.25) is 9.69 Å². The zero-order chi connectivity index (χ0) is 21.8. The predicted molar refractivity (Wildman–Crippen MR) is 122 cm³/mol. The van der Waals surface area contributed by atoms with Gasteiger partial charge in [0.2, 0.25) is 0 Å². The van der Waals surface area contributed by atoms with Crippen LogP contribution in [-0.2, 0) is 17.9 Å². The van der Waals surface area contributed by atoms with Crippen LogP contribution in [0.4, 0.5) is 8.78 Å². The third-order valence-electron chi connectivity index (χ3n) is 4.60. The average Bonchev–Trinajstić information content (AvgIpc) is 3.02. The first kappa shape index (κ1) is 21.2. The summed E-state index contributed by atoms with van der Waals surface area (Å²) in [7, 11) is 0. The molecule has 1 saturated heterocycles. The lowest BCUT2D eigenvalue weighted by Crippen LogP contribution is -2.27. The number of thioether (sulfide) groups is 1. The standard InChI is InChI=1S/C24H17F2NO2S2/c25-19-8-4-17(5-9-19)14-27-23(28)22(31-24(27)30)13-16-6-10-21(11-7-16)29-15-18-2-1-3-20(26)12-18/h1-13H,14-15H2. The molecule has 0 aliphatic carbocycles. The van der Waals surface area contributed by atoms with Gasteiger partial charge < -0.3 is 4.74 Å². The van der Waals surface area contributed by atoms with Crippen LogP contribution in [0.15, 0.2) is 77.7 Å². The number of nitrogens with zero attached hydrogens (tertiary/aromatic N) is 1. The van der Waals surface area contributed by atoms with Crippen LogP contribution in [0.1, 0.15) is 16.7 Å². The number of hydrogen-bond donors (Lipinski definition) is 0. The van der Waals surface area contributed by atoms with Gasteiger partial charge in [0.1, 0.15) is 28.3 Å². The summed E-state index contributed by atoms with van der Waals surface area (Å²) in [6.07, 6.45) is 1.78. The minimum Gasteiger partial charge on any atom is -0.489 e. The van der Waals surface area contributed by atoms with E-state index in [-0.39, 0.29) is 24.1 Å². The fraction of sp³-hybridized carbons (Fsp3) is 0.0833. The van der Waals surface area contributed by atoms with Gasteiger partial charge in [-0.15, -0.1) is 0 Å². The molecular weight excluding hydrogens is 436 g/mol. The third kappa shape index (κ3) is 5.37. The molecule has 156 valence electrons. The molecule has 3 nitrogen and oxygen atoms in total. The fourth-order valence-corrected chi connectivity index (χ4v) is 4.27. The number of hydrogen-bond acceptors (Lipinski definition) is 4. The number of amides is 1. The van der Waals surface area contributed by atoms with Crippen molar-refractivity contribution in [3.05, 3.63) is 106 Å².